The van der Waals surface area contributed by atoms with Crippen LogP contribution in [0.2, 0.25) is 0 Å². The van der Waals surface area contributed by atoms with Gasteiger partial charge < -0.3 is 10.2 Å². The zero-order valence-electron chi connectivity index (χ0n) is 9.71. The van der Waals surface area contributed by atoms with Crippen molar-refractivity contribution >= 4 is 16.5 Å². The zero-order valence-corrected chi connectivity index (χ0v) is 10.5. The minimum atomic E-state index is 0.628. The number of anilines is 1. The van der Waals surface area contributed by atoms with E-state index in [1.54, 1.807) is 0 Å². The second-order valence-corrected chi connectivity index (χ2v) is 5.39. The lowest BCUT2D eigenvalue weighted by molar-refractivity contribution is 0.449. The number of nitrogens with zero attached hydrogens (tertiary/aromatic N) is 2. The summed E-state index contributed by atoms with van der Waals surface area (Å²) in [5.41, 5.74) is 1.18. The molecule has 1 atom stereocenters. The summed E-state index contributed by atoms with van der Waals surface area (Å²) >= 11 is 1.82. The third kappa shape index (κ3) is 2.32. The van der Waals surface area contributed by atoms with E-state index in [4.69, 9.17) is 0 Å². The lowest BCUT2D eigenvalue weighted by atomic mass is 10.1. The van der Waals surface area contributed by atoms with Gasteiger partial charge in [0.15, 0.2) is 5.13 Å². The second kappa shape index (κ2) is 4.49. The largest absolute Gasteiger partial charge is 0.347 e. The number of thiazole rings is 1. The number of aromatic nitrogens is 1. The van der Waals surface area contributed by atoms with E-state index in [0.29, 0.717) is 6.04 Å². The summed E-state index contributed by atoms with van der Waals surface area (Å²) in [6.07, 6.45) is 2.56. The van der Waals surface area contributed by atoms with Crippen molar-refractivity contribution < 1.29 is 0 Å². The maximum atomic E-state index is 4.62. The number of nitrogens with one attached hydrogen (secondary N) is 1. The molecule has 3 nitrogen and oxygen atoms in total. The number of rotatable bonds is 2. The summed E-state index contributed by atoms with van der Waals surface area (Å²) in [6, 6.07) is 0.628. The summed E-state index contributed by atoms with van der Waals surface area (Å²) in [7, 11) is 2.05. The normalized spacial score (nSPS) is 22.1. The minimum absolute atomic E-state index is 0.628. The van der Waals surface area contributed by atoms with Crippen molar-refractivity contribution in [3.63, 3.8) is 0 Å². The molecule has 0 aliphatic carbocycles. The van der Waals surface area contributed by atoms with E-state index in [9.17, 15) is 0 Å². The molecule has 1 unspecified atom stereocenters. The smallest absolute Gasteiger partial charge is 0.185 e. The molecule has 1 N–H and O–H groups in total. The van der Waals surface area contributed by atoms with Crippen LogP contribution in [0.1, 0.15) is 23.4 Å². The van der Waals surface area contributed by atoms with Gasteiger partial charge in [0.1, 0.15) is 0 Å². The van der Waals surface area contributed by atoms with Crippen LogP contribution in [0.4, 0.5) is 5.13 Å². The average molecular weight is 225 g/mol. The fourth-order valence-electron chi connectivity index (χ4n) is 1.98. The molecule has 0 amide bonds. The van der Waals surface area contributed by atoms with Crippen LogP contribution in [0.5, 0.6) is 0 Å². The van der Waals surface area contributed by atoms with Gasteiger partial charge >= 0.3 is 0 Å². The van der Waals surface area contributed by atoms with Crippen LogP contribution in [-0.4, -0.2) is 31.2 Å². The molecule has 1 aliphatic heterocycles. The van der Waals surface area contributed by atoms with Crippen LogP contribution in [0.15, 0.2) is 0 Å². The number of hydrogen-bond acceptors (Lipinski definition) is 4. The Morgan fingerprint density at radius 1 is 1.47 bits per heavy atom. The molecule has 1 fully saturated rings. The van der Waals surface area contributed by atoms with Gasteiger partial charge in [0, 0.05) is 24.0 Å². The monoisotopic (exact) mass is 225 g/mol. The van der Waals surface area contributed by atoms with Crippen molar-refractivity contribution in [1.29, 1.82) is 0 Å². The molecule has 84 valence electrons. The van der Waals surface area contributed by atoms with Gasteiger partial charge in [-0.3, -0.25) is 0 Å². The van der Waals surface area contributed by atoms with E-state index in [0.717, 1.165) is 13.1 Å². The molecule has 4 heteroatoms. The lowest BCUT2D eigenvalue weighted by Gasteiger charge is -2.32. The van der Waals surface area contributed by atoms with Gasteiger partial charge in [-0.2, -0.15) is 0 Å². The summed E-state index contributed by atoms with van der Waals surface area (Å²) in [5.74, 6) is 0. The van der Waals surface area contributed by atoms with Crippen molar-refractivity contribution in [2.45, 2.75) is 32.7 Å². The van der Waals surface area contributed by atoms with Crippen LogP contribution < -0.4 is 10.2 Å². The molecule has 0 saturated carbocycles. The first-order valence-corrected chi connectivity index (χ1v) is 6.38. The van der Waals surface area contributed by atoms with E-state index >= 15 is 0 Å². The van der Waals surface area contributed by atoms with Gasteiger partial charge in [0.25, 0.3) is 0 Å². The molecule has 2 heterocycles. The Labute approximate surface area is 95.5 Å². The highest BCUT2D eigenvalue weighted by Gasteiger charge is 2.20. The first-order chi connectivity index (χ1) is 7.20. The molecule has 2 rings (SSSR count). The molecule has 0 bridgehead atoms. The van der Waals surface area contributed by atoms with Gasteiger partial charge in [-0.25, -0.2) is 4.98 Å². The third-order valence-corrected chi connectivity index (χ3v) is 4.25. The van der Waals surface area contributed by atoms with E-state index < -0.39 is 0 Å². The fourth-order valence-corrected chi connectivity index (χ4v) is 2.92. The Kier molecular flexibility index (Phi) is 3.26. The highest BCUT2D eigenvalue weighted by atomic mass is 32.1. The van der Waals surface area contributed by atoms with E-state index in [-0.39, 0.29) is 0 Å². The second-order valence-electron chi connectivity index (χ2n) is 4.21. The Bertz CT molecular complexity index is 315. The third-order valence-electron chi connectivity index (χ3n) is 3.12. The van der Waals surface area contributed by atoms with E-state index in [2.05, 4.69) is 29.0 Å². The first kappa shape index (κ1) is 10.9. The maximum Gasteiger partial charge on any atom is 0.185 e. The topological polar surface area (TPSA) is 28.2 Å². The summed E-state index contributed by atoms with van der Waals surface area (Å²) in [4.78, 5) is 8.38. The molecular formula is C11H19N3S. The maximum absolute atomic E-state index is 4.62. The standard InChI is InChI=1S/C11H19N3S/c1-8-9(2)15-11(13-8)14-6-4-5-10(7-14)12-3/h10,12H,4-7H2,1-3H3. The number of likely N-dealkylation sites (N-methyl/N-ethyl adjacent to an activating group) is 1. The Hall–Kier alpha value is -0.610. The fraction of sp³-hybridized carbons (Fsp3) is 0.727. The van der Waals surface area contributed by atoms with Crippen molar-refractivity contribution in [1.82, 2.24) is 10.3 Å². The van der Waals surface area contributed by atoms with E-state index in [1.807, 2.05) is 18.4 Å². The summed E-state index contributed by atoms with van der Waals surface area (Å²) in [5, 5.41) is 4.56. The number of aryl methyl sites for hydroxylation is 2. The quantitative estimate of drug-likeness (QED) is 0.834. The highest BCUT2D eigenvalue weighted by Crippen LogP contribution is 2.27. The summed E-state index contributed by atoms with van der Waals surface area (Å²) in [6.45, 7) is 6.50. The van der Waals surface area contributed by atoms with Gasteiger partial charge in [0.2, 0.25) is 0 Å². The number of piperidine rings is 1. The Morgan fingerprint density at radius 2 is 2.27 bits per heavy atom. The molecule has 0 radical (unpaired) electrons. The zero-order chi connectivity index (χ0) is 10.8. The van der Waals surface area contributed by atoms with Crippen molar-refractivity contribution in [3.05, 3.63) is 10.6 Å². The molecule has 15 heavy (non-hydrogen) atoms. The van der Waals surface area contributed by atoms with Crippen molar-refractivity contribution in [3.8, 4) is 0 Å². The highest BCUT2D eigenvalue weighted by molar-refractivity contribution is 7.15. The molecule has 1 aromatic heterocycles. The lowest BCUT2D eigenvalue weighted by Crippen LogP contribution is -2.44. The molecule has 1 aromatic rings. The van der Waals surface area contributed by atoms with Crippen LogP contribution in [0.3, 0.4) is 0 Å². The average Bonchev–Trinajstić information content (AvgIpc) is 2.59. The van der Waals surface area contributed by atoms with Gasteiger partial charge in [0.05, 0.1) is 5.69 Å². The minimum Gasteiger partial charge on any atom is -0.347 e. The van der Waals surface area contributed by atoms with Crippen LogP contribution in [-0.2, 0) is 0 Å². The molecular weight excluding hydrogens is 206 g/mol. The predicted octanol–water partition coefficient (Wildman–Crippen LogP) is 1.95. The predicted molar refractivity (Wildman–Crippen MR) is 65.9 cm³/mol. The van der Waals surface area contributed by atoms with Crippen LogP contribution in [0.25, 0.3) is 0 Å². The van der Waals surface area contributed by atoms with Crippen molar-refractivity contribution in [2.75, 3.05) is 25.0 Å². The van der Waals surface area contributed by atoms with Gasteiger partial charge in [-0.15, -0.1) is 11.3 Å². The van der Waals surface area contributed by atoms with Gasteiger partial charge in [-0.05, 0) is 33.7 Å². The molecule has 1 aliphatic rings. The van der Waals surface area contributed by atoms with Crippen LogP contribution >= 0.6 is 11.3 Å². The Morgan fingerprint density at radius 3 is 2.87 bits per heavy atom. The SMILES string of the molecule is CNC1CCCN(c2nc(C)c(C)s2)C1. The molecule has 0 aromatic carbocycles. The summed E-state index contributed by atoms with van der Waals surface area (Å²) < 4.78 is 0. The van der Waals surface area contributed by atoms with Crippen LogP contribution in [0, 0.1) is 13.8 Å². The Balaban J connectivity index is 2.09. The van der Waals surface area contributed by atoms with Crippen molar-refractivity contribution in [2.24, 2.45) is 0 Å². The number of hydrogen-bond donors (Lipinski definition) is 1. The van der Waals surface area contributed by atoms with Gasteiger partial charge in [-0.1, -0.05) is 0 Å². The first-order valence-electron chi connectivity index (χ1n) is 5.57. The molecule has 1 saturated heterocycles. The van der Waals surface area contributed by atoms with E-state index in [1.165, 1.54) is 28.5 Å². The molecule has 0 spiro atoms.